The zero-order valence-corrected chi connectivity index (χ0v) is 22.9. The van der Waals surface area contributed by atoms with Crippen molar-refractivity contribution in [2.24, 2.45) is 11.8 Å². The number of aryl methyl sites for hydroxylation is 1. The number of aliphatic hydroxyl groups is 1. The molecule has 1 saturated heterocycles. The summed E-state index contributed by atoms with van der Waals surface area (Å²) >= 11 is 3.51. The van der Waals surface area contributed by atoms with Crippen molar-refractivity contribution in [3.8, 4) is 0 Å². The molecule has 2 amide bonds. The summed E-state index contributed by atoms with van der Waals surface area (Å²) in [6, 6.07) is 10.6. The normalized spacial score (nSPS) is 17.1. The predicted octanol–water partition coefficient (Wildman–Crippen LogP) is 4.45. The number of carbonyl (C=O) groups is 3. The Kier molecular flexibility index (Phi) is 10.7. The number of benzene rings is 1. The minimum absolute atomic E-state index is 0.0163. The van der Waals surface area contributed by atoms with Gasteiger partial charge >= 0.3 is 12.1 Å². The second-order valence-corrected chi connectivity index (χ2v) is 10.1. The van der Waals surface area contributed by atoms with Gasteiger partial charge in [-0.3, -0.25) is 9.59 Å². The van der Waals surface area contributed by atoms with Gasteiger partial charge in [0.1, 0.15) is 18.1 Å². The van der Waals surface area contributed by atoms with Crippen molar-refractivity contribution in [1.82, 2.24) is 4.90 Å². The molecule has 1 aliphatic heterocycles. The van der Waals surface area contributed by atoms with Crippen LogP contribution >= 0.6 is 15.9 Å². The van der Waals surface area contributed by atoms with Crippen LogP contribution in [-0.4, -0.2) is 60.4 Å². The number of cyclic esters (lactones) is 1. The predicted molar refractivity (Wildman–Crippen MR) is 138 cm³/mol. The first-order valence-electron chi connectivity index (χ1n) is 12.4. The van der Waals surface area contributed by atoms with Crippen LogP contribution < -0.4 is 0 Å². The van der Waals surface area contributed by atoms with Gasteiger partial charge in [0, 0.05) is 20.0 Å². The Labute approximate surface area is 225 Å². The number of ether oxygens (including phenoxy) is 3. The average Bonchev–Trinajstić information content (AvgIpc) is 3.43. The molecule has 1 aromatic heterocycles. The van der Waals surface area contributed by atoms with Crippen LogP contribution in [0.1, 0.15) is 50.4 Å². The molecule has 0 bridgehead atoms. The van der Waals surface area contributed by atoms with Crippen LogP contribution in [-0.2, 0) is 36.6 Å². The van der Waals surface area contributed by atoms with Crippen molar-refractivity contribution in [1.29, 1.82) is 0 Å². The van der Waals surface area contributed by atoms with Gasteiger partial charge in [-0.05, 0) is 46.3 Å². The highest BCUT2D eigenvalue weighted by molar-refractivity contribution is 9.10. The fraction of sp³-hybridized carbons (Fsp3) is 0.519. The van der Waals surface area contributed by atoms with E-state index in [0.717, 1.165) is 10.5 Å². The summed E-state index contributed by atoms with van der Waals surface area (Å²) in [4.78, 5) is 40.0. The molecule has 1 fully saturated rings. The largest absolute Gasteiger partial charge is 0.461 e. The number of rotatable bonds is 13. The van der Waals surface area contributed by atoms with Crippen LogP contribution in [0.5, 0.6) is 0 Å². The van der Waals surface area contributed by atoms with Gasteiger partial charge < -0.3 is 23.7 Å². The number of amides is 2. The van der Waals surface area contributed by atoms with Gasteiger partial charge in [0.2, 0.25) is 5.91 Å². The SMILES string of the molecule is CC(=O)O[C@@H](c1cc(Br)c(CCCOCCO)o1)[C@H](Cc1ccccc1)C(=O)N1C(=O)OC[C@H]1C(C)C. The molecule has 9 nitrogen and oxygen atoms in total. The number of carbonyl (C=O) groups excluding carboxylic acids is 3. The maximum absolute atomic E-state index is 14.0. The smallest absolute Gasteiger partial charge is 0.416 e. The lowest BCUT2D eigenvalue weighted by Gasteiger charge is -2.30. The summed E-state index contributed by atoms with van der Waals surface area (Å²) in [5.74, 6) is -1.09. The van der Waals surface area contributed by atoms with Crippen molar-refractivity contribution >= 4 is 33.9 Å². The molecule has 3 atom stereocenters. The van der Waals surface area contributed by atoms with Gasteiger partial charge in [0.25, 0.3) is 0 Å². The molecule has 0 spiro atoms. The van der Waals surface area contributed by atoms with Gasteiger partial charge in [-0.15, -0.1) is 0 Å². The molecule has 2 heterocycles. The van der Waals surface area contributed by atoms with Crippen molar-refractivity contribution in [3.63, 3.8) is 0 Å². The van der Waals surface area contributed by atoms with Crippen LogP contribution in [0.15, 0.2) is 45.3 Å². The van der Waals surface area contributed by atoms with E-state index >= 15 is 0 Å². The summed E-state index contributed by atoms with van der Waals surface area (Å²) in [7, 11) is 0. The molecule has 2 aromatic rings. The first kappa shape index (κ1) is 28.9. The lowest BCUT2D eigenvalue weighted by molar-refractivity contribution is -0.155. The second kappa shape index (κ2) is 13.7. The van der Waals surface area contributed by atoms with E-state index in [2.05, 4.69) is 15.9 Å². The maximum Gasteiger partial charge on any atom is 0.416 e. The molecular weight excluding hydrogens is 546 g/mol. The Morgan fingerprint density at radius 3 is 2.59 bits per heavy atom. The Bertz CT molecular complexity index is 1050. The molecule has 1 N–H and O–H groups in total. The van der Waals surface area contributed by atoms with Crippen LogP contribution in [0.2, 0.25) is 0 Å². The van der Waals surface area contributed by atoms with E-state index in [1.807, 2.05) is 44.2 Å². The lowest BCUT2D eigenvalue weighted by Crippen LogP contribution is -2.47. The summed E-state index contributed by atoms with van der Waals surface area (Å²) in [6.07, 6.45) is -0.375. The Hall–Kier alpha value is -2.69. The molecule has 0 unspecified atom stereocenters. The van der Waals surface area contributed by atoms with Crippen LogP contribution in [0.25, 0.3) is 0 Å². The van der Waals surface area contributed by atoms with Crippen LogP contribution in [0.4, 0.5) is 4.79 Å². The van der Waals surface area contributed by atoms with Gasteiger partial charge in [-0.2, -0.15) is 0 Å². The monoisotopic (exact) mass is 579 g/mol. The summed E-state index contributed by atoms with van der Waals surface area (Å²) in [6.45, 7) is 5.89. The van der Waals surface area contributed by atoms with E-state index in [9.17, 15) is 14.4 Å². The molecular formula is C27H34BrNO8. The summed E-state index contributed by atoms with van der Waals surface area (Å²) < 4.78 is 23.0. The van der Waals surface area contributed by atoms with Gasteiger partial charge in [-0.25, -0.2) is 9.69 Å². The average molecular weight is 580 g/mol. The minimum atomic E-state index is -1.07. The molecule has 1 aliphatic rings. The minimum Gasteiger partial charge on any atom is -0.461 e. The number of esters is 1. The van der Waals surface area contributed by atoms with E-state index in [1.54, 1.807) is 6.07 Å². The standard InChI is InChI=1S/C27H34BrNO8/c1-17(2)22-16-35-27(33)29(22)26(32)20(14-19-8-5-4-6-9-19)25(36-18(3)31)24-15-21(28)23(37-24)10-7-12-34-13-11-30/h4-6,8-9,15,17,20,22,25,30H,7,10-14,16H2,1-3H3/t20-,22-,25+/m0/s1. The van der Waals surface area contributed by atoms with Crippen LogP contribution in [0, 0.1) is 11.8 Å². The summed E-state index contributed by atoms with van der Waals surface area (Å²) in [5.41, 5.74) is 0.846. The van der Waals surface area contributed by atoms with Crippen molar-refractivity contribution in [2.45, 2.75) is 52.2 Å². The fourth-order valence-electron chi connectivity index (χ4n) is 4.31. The number of hydrogen-bond donors (Lipinski definition) is 1. The molecule has 0 aliphatic carbocycles. The van der Waals surface area contributed by atoms with E-state index in [1.165, 1.54) is 6.92 Å². The third-order valence-electron chi connectivity index (χ3n) is 6.17. The number of imide groups is 1. The van der Waals surface area contributed by atoms with Gasteiger partial charge in [0.05, 0.1) is 29.6 Å². The topological polar surface area (TPSA) is 116 Å². The maximum atomic E-state index is 14.0. The van der Waals surface area contributed by atoms with Crippen molar-refractivity contribution in [2.75, 3.05) is 26.4 Å². The Balaban J connectivity index is 1.95. The number of aliphatic hydroxyl groups excluding tert-OH is 1. The molecule has 10 heteroatoms. The molecule has 0 saturated carbocycles. The zero-order valence-electron chi connectivity index (χ0n) is 21.4. The molecule has 3 rings (SSSR count). The van der Waals surface area contributed by atoms with E-state index in [-0.39, 0.29) is 32.2 Å². The quantitative estimate of drug-likeness (QED) is 0.273. The van der Waals surface area contributed by atoms with E-state index < -0.39 is 36.0 Å². The molecule has 202 valence electrons. The first-order chi connectivity index (χ1) is 17.7. The number of nitrogens with zero attached hydrogens (tertiary/aromatic N) is 1. The Morgan fingerprint density at radius 1 is 1.22 bits per heavy atom. The highest BCUT2D eigenvalue weighted by Crippen LogP contribution is 2.37. The molecule has 1 aromatic carbocycles. The van der Waals surface area contributed by atoms with Gasteiger partial charge in [-0.1, -0.05) is 44.2 Å². The third-order valence-corrected chi connectivity index (χ3v) is 6.84. The third kappa shape index (κ3) is 7.66. The Morgan fingerprint density at radius 2 is 1.95 bits per heavy atom. The fourth-order valence-corrected chi connectivity index (χ4v) is 4.81. The first-order valence-corrected chi connectivity index (χ1v) is 13.2. The van der Waals surface area contributed by atoms with E-state index in [0.29, 0.717) is 35.4 Å². The highest BCUT2D eigenvalue weighted by Gasteiger charge is 2.46. The number of hydrogen-bond acceptors (Lipinski definition) is 8. The zero-order chi connectivity index (χ0) is 26.9. The molecule has 0 radical (unpaired) electrons. The van der Waals surface area contributed by atoms with Crippen LogP contribution in [0.3, 0.4) is 0 Å². The summed E-state index contributed by atoms with van der Waals surface area (Å²) in [5, 5.41) is 8.85. The van der Waals surface area contributed by atoms with Gasteiger partial charge in [0.15, 0.2) is 6.10 Å². The highest BCUT2D eigenvalue weighted by atomic mass is 79.9. The van der Waals surface area contributed by atoms with Crippen molar-refractivity contribution < 1.29 is 38.1 Å². The molecule has 37 heavy (non-hydrogen) atoms. The lowest BCUT2D eigenvalue weighted by atomic mass is 9.90. The van der Waals surface area contributed by atoms with E-state index in [4.69, 9.17) is 23.7 Å². The second-order valence-electron chi connectivity index (χ2n) is 9.28. The number of halogens is 1. The van der Waals surface area contributed by atoms with Crippen molar-refractivity contribution in [3.05, 3.63) is 58.0 Å². The number of furan rings is 1.